The number of hydrogen-bond acceptors (Lipinski definition) is 5. The Morgan fingerprint density at radius 3 is 2.45 bits per heavy atom. The van der Waals surface area contributed by atoms with Crippen LogP contribution in [0.3, 0.4) is 0 Å². The van der Waals surface area contributed by atoms with Crippen molar-refractivity contribution in [1.29, 1.82) is 0 Å². The van der Waals surface area contributed by atoms with Gasteiger partial charge in [0.15, 0.2) is 0 Å². The third-order valence-corrected chi connectivity index (χ3v) is 7.37. The highest BCUT2D eigenvalue weighted by atomic mass is 32.2. The highest BCUT2D eigenvalue weighted by molar-refractivity contribution is 7.89. The number of anilines is 2. The lowest BCUT2D eigenvalue weighted by Crippen LogP contribution is -2.36. The molecule has 0 amide bonds. The standard InChI is InChI=1S/C21H26FN3O3S/c1-23(2)29(26,27)18-4-6-20-17(14-18)7-8-25(20)15-16-3-5-21(19(22)13-16)24-9-11-28-12-10-24/h3-6,13-14H,7-12,15H2,1-2H3. The second kappa shape index (κ2) is 7.93. The van der Waals surface area contributed by atoms with Crippen molar-refractivity contribution in [3.8, 4) is 0 Å². The second-order valence-corrected chi connectivity index (χ2v) is 9.79. The third-order valence-electron chi connectivity index (χ3n) is 5.56. The Kier molecular flexibility index (Phi) is 5.50. The van der Waals surface area contributed by atoms with Crippen LogP contribution in [0.25, 0.3) is 0 Å². The summed E-state index contributed by atoms with van der Waals surface area (Å²) in [6.07, 6.45) is 0.778. The van der Waals surface area contributed by atoms with Gasteiger partial charge >= 0.3 is 0 Å². The average molecular weight is 420 g/mol. The summed E-state index contributed by atoms with van der Waals surface area (Å²) < 4.78 is 46.0. The van der Waals surface area contributed by atoms with E-state index in [9.17, 15) is 12.8 Å². The molecule has 29 heavy (non-hydrogen) atoms. The molecule has 1 fully saturated rings. The Balaban J connectivity index is 1.51. The maximum Gasteiger partial charge on any atom is 0.242 e. The van der Waals surface area contributed by atoms with Crippen LogP contribution in [-0.2, 0) is 27.7 Å². The van der Waals surface area contributed by atoms with Crippen LogP contribution in [0.2, 0.25) is 0 Å². The van der Waals surface area contributed by atoms with E-state index < -0.39 is 10.0 Å². The largest absolute Gasteiger partial charge is 0.378 e. The molecule has 0 radical (unpaired) electrons. The molecule has 1 saturated heterocycles. The van der Waals surface area contributed by atoms with Gasteiger partial charge in [0.1, 0.15) is 5.82 Å². The number of morpholine rings is 1. The zero-order valence-corrected chi connectivity index (χ0v) is 17.6. The summed E-state index contributed by atoms with van der Waals surface area (Å²) >= 11 is 0. The molecule has 0 atom stereocenters. The van der Waals surface area contributed by atoms with Gasteiger partial charge < -0.3 is 14.5 Å². The van der Waals surface area contributed by atoms with Crippen LogP contribution in [-0.4, -0.2) is 59.7 Å². The molecule has 0 aliphatic carbocycles. The van der Waals surface area contributed by atoms with E-state index in [0.717, 1.165) is 29.8 Å². The van der Waals surface area contributed by atoms with Crippen molar-refractivity contribution in [2.45, 2.75) is 17.9 Å². The van der Waals surface area contributed by atoms with E-state index in [4.69, 9.17) is 4.74 Å². The molecule has 2 heterocycles. The van der Waals surface area contributed by atoms with Crippen LogP contribution < -0.4 is 9.80 Å². The topological polar surface area (TPSA) is 53.1 Å². The van der Waals surface area contributed by atoms with E-state index in [1.54, 1.807) is 18.2 Å². The van der Waals surface area contributed by atoms with Crippen molar-refractivity contribution in [2.75, 3.05) is 56.7 Å². The minimum Gasteiger partial charge on any atom is -0.378 e. The first kappa shape index (κ1) is 20.1. The molecule has 0 unspecified atom stereocenters. The summed E-state index contributed by atoms with van der Waals surface area (Å²) in [5.41, 5.74) is 3.55. The van der Waals surface area contributed by atoms with Crippen molar-refractivity contribution in [3.63, 3.8) is 0 Å². The number of sulfonamides is 1. The lowest BCUT2D eigenvalue weighted by molar-refractivity contribution is 0.122. The smallest absolute Gasteiger partial charge is 0.242 e. The molecule has 8 heteroatoms. The van der Waals surface area contributed by atoms with Crippen LogP contribution in [0.4, 0.5) is 15.8 Å². The van der Waals surface area contributed by atoms with Gasteiger partial charge in [0.05, 0.1) is 23.8 Å². The van der Waals surface area contributed by atoms with Crippen molar-refractivity contribution in [1.82, 2.24) is 4.31 Å². The van der Waals surface area contributed by atoms with Gasteiger partial charge in [-0.1, -0.05) is 6.07 Å². The van der Waals surface area contributed by atoms with Crippen molar-refractivity contribution < 1.29 is 17.5 Å². The first-order valence-corrected chi connectivity index (χ1v) is 11.2. The van der Waals surface area contributed by atoms with Gasteiger partial charge in [-0.05, 0) is 47.9 Å². The molecule has 0 aromatic heterocycles. The Labute approximate surface area is 171 Å². The van der Waals surface area contributed by atoms with E-state index in [1.165, 1.54) is 18.4 Å². The maximum absolute atomic E-state index is 14.7. The normalized spacial score (nSPS) is 17.1. The molecule has 0 N–H and O–H groups in total. The van der Waals surface area contributed by atoms with E-state index in [2.05, 4.69) is 4.90 Å². The number of rotatable bonds is 5. The Morgan fingerprint density at radius 2 is 1.76 bits per heavy atom. The molecule has 2 aliphatic heterocycles. The van der Waals surface area contributed by atoms with Gasteiger partial charge in [-0.15, -0.1) is 0 Å². The third kappa shape index (κ3) is 3.97. The number of halogens is 1. The van der Waals surface area contributed by atoms with Gasteiger partial charge in [-0.25, -0.2) is 17.1 Å². The molecule has 6 nitrogen and oxygen atoms in total. The predicted octanol–water partition coefficient (Wildman–Crippen LogP) is 2.48. The minimum atomic E-state index is -3.44. The van der Waals surface area contributed by atoms with Crippen LogP contribution in [0, 0.1) is 5.82 Å². The monoisotopic (exact) mass is 419 g/mol. The van der Waals surface area contributed by atoms with Crippen molar-refractivity contribution >= 4 is 21.4 Å². The minimum absolute atomic E-state index is 0.212. The van der Waals surface area contributed by atoms with Gasteiger partial charge in [-0.2, -0.15) is 0 Å². The van der Waals surface area contributed by atoms with Gasteiger partial charge in [0.2, 0.25) is 10.0 Å². The molecular formula is C21H26FN3O3S. The fourth-order valence-corrected chi connectivity index (χ4v) is 4.86. The average Bonchev–Trinajstić information content (AvgIpc) is 3.11. The fourth-order valence-electron chi connectivity index (χ4n) is 3.91. The maximum atomic E-state index is 14.7. The van der Waals surface area contributed by atoms with Crippen LogP contribution in [0.15, 0.2) is 41.3 Å². The van der Waals surface area contributed by atoms with Gasteiger partial charge in [0.25, 0.3) is 0 Å². The lowest BCUT2D eigenvalue weighted by atomic mass is 10.1. The zero-order valence-electron chi connectivity index (χ0n) is 16.8. The molecule has 0 saturated carbocycles. The summed E-state index contributed by atoms with van der Waals surface area (Å²) in [4.78, 5) is 4.49. The van der Waals surface area contributed by atoms with Crippen molar-refractivity contribution in [2.24, 2.45) is 0 Å². The Bertz CT molecular complexity index is 1000. The molecule has 156 valence electrons. The Hall–Kier alpha value is -2.16. The molecule has 2 aromatic carbocycles. The van der Waals surface area contributed by atoms with Gasteiger partial charge in [-0.3, -0.25) is 0 Å². The fraction of sp³-hybridized carbons (Fsp3) is 0.429. The number of nitrogens with zero attached hydrogens (tertiary/aromatic N) is 3. The molecule has 0 bridgehead atoms. The van der Waals surface area contributed by atoms with E-state index in [-0.39, 0.29) is 5.82 Å². The van der Waals surface area contributed by atoms with Gasteiger partial charge in [0, 0.05) is 46.0 Å². The second-order valence-electron chi connectivity index (χ2n) is 7.63. The summed E-state index contributed by atoms with van der Waals surface area (Å²) in [6, 6.07) is 10.7. The number of fused-ring (bicyclic) bond motifs is 1. The summed E-state index contributed by atoms with van der Waals surface area (Å²) in [7, 11) is -0.381. The zero-order chi connectivity index (χ0) is 20.6. The Morgan fingerprint density at radius 1 is 1.03 bits per heavy atom. The quantitative estimate of drug-likeness (QED) is 0.745. The van der Waals surface area contributed by atoms with Crippen molar-refractivity contribution in [3.05, 3.63) is 53.3 Å². The molecule has 2 aliphatic rings. The van der Waals surface area contributed by atoms with E-state index >= 15 is 0 Å². The first-order chi connectivity index (χ1) is 13.9. The molecular weight excluding hydrogens is 393 g/mol. The summed E-state index contributed by atoms with van der Waals surface area (Å²) in [6.45, 7) is 4.03. The highest BCUT2D eigenvalue weighted by Gasteiger charge is 2.24. The van der Waals surface area contributed by atoms with E-state index in [1.807, 2.05) is 23.1 Å². The SMILES string of the molecule is CN(C)S(=O)(=O)c1ccc2c(c1)CCN2Cc1ccc(N2CCOCC2)c(F)c1. The summed E-state index contributed by atoms with van der Waals surface area (Å²) in [5, 5.41) is 0. The number of ether oxygens (including phenoxy) is 1. The first-order valence-electron chi connectivity index (χ1n) is 9.78. The highest BCUT2D eigenvalue weighted by Crippen LogP contribution is 2.32. The molecule has 0 spiro atoms. The molecule has 4 rings (SSSR count). The number of benzene rings is 2. The number of hydrogen-bond donors (Lipinski definition) is 0. The van der Waals surface area contributed by atoms with E-state index in [0.29, 0.717) is 43.4 Å². The van der Waals surface area contributed by atoms with Crippen LogP contribution >= 0.6 is 0 Å². The predicted molar refractivity (Wildman–Crippen MR) is 112 cm³/mol. The summed E-state index contributed by atoms with van der Waals surface area (Å²) in [5.74, 6) is -0.212. The lowest BCUT2D eigenvalue weighted by Gasteiger charge is -2.29. The molecule has 2 aromatic rings. The van der Waals surface area contributed by atoms with Crippen LogP contribution in [0.5, 0.6) is 0 Å². The van der Waals surface area contributed by atoms with Crippen LogP contribution in [0.1, 0.15) is 11.1 Å².